The Hall–Kier alpha value is -2.20. The summed E-state index contributed by atoms with van der Waals surface area (Å²) in [6.45, 7) is 8.64. The molecule has 0 aromatic carbocycles. The van der Waals surface area contributed by atoms with Gasteiger partial charge in [-0.05, 0) is 25.2 Å². The van der Waals surface area contributed by atoms with Gasteiger partial charge in [-0.25, -0.2) is 9.78 Å². The number of aromatic nitrogens is 1. The molecular weight excluding hydrogens is 370 g/mol. The molecule has 4 N–H and O–H groups in total. The molecule has 0 atom stereocenters. The van der Waals surface area contributed by atoms with Crippen LogP contribution in [0.3, 0.4) is 0 Å². The largest absolute Gasteiger partial charge is 0.370 e. The number of aliphatic imine (C=N–C) groups is 1. The van der Waals surface area contributed by atoms with Crippen LogP contribution in [-0.2, 0) is 14.6 Å². The van der Waals surface area contributed by atoms with Crippen LogP contribution in [0, 0.1) is 12.3 Å². The van der Waals surface area contributed by atoms with E-state index in [9.17, 15) is 9.59 Å². The number of carbonyl (C=O) groups excluding carboxylic acids is 2. The molecule has 1 saturated heterocycles. The Bertz CT molecular complexity index is 713. The van der Waals surface area contributed by atoms with Gasteiger partial charge in [0.2, 0.25) is 5.13 Å². The first-order valence-electron chi connectivity index (χ1n) is 8.77. The Morgan fingerprint density at radius 3 is 2.48 bits per heavy atom. The van der Waals surface area contributed by atoms with Gasteiger partial charge in [-0.2, -0.15) is 9.88 Å². The van der Waals surface area contributed by atoms with Crippen molar-refractivity contribution in [2.24, 2.45) is 21.9 Å². The predicted octanol–water partition coefficient (Wildman–Crippen LogP) is 1.87. The van der Waals surface area contributed by atoms with Gasteiger partial charge in [-0.15, -0.1) is 0 Å². The number of nitrogens with zero attached hydrogens (tertiary/aromatic N) is 3. The fourth-order valence-electron chi connectivity index (χ4n) is 2.62. The normalized spacial score (nSPS) is 15.5. The van der Waals surface area contributed by atoms with Gasteiger partial charge in [0.1, 0.15) is 11.0 Å². The van der Waals surface area contributed by atoms with Crippen molar-refractivity contribution in [3.63, 3.8) is 0 Å². The van der Waals surface area contributed by atoms with E-state index < -0.39 is 0 Å². The quantitative estimate of drug-likeness (QED) is 0.335. The van der Waals surface area contributed by atoms with E-state index in [1.54, 1.807) is 11.8 Å². The predicted molar refractivity (Wildman–Crippen MR) is 102 cm³/mol. The molecule has 0 spiro atoms. The van der Waals surface area contributed by atoms with Crippen LogP contribution in [0.15, 0.2) is 4.99 Å². The molecule has 2 rings (SSSR count). The lowest BCUT2D eigenvalue weighted by molar-refractivity contribution is -0.303. The molecule has 1 aromatic heterocycles. The Kier molecular flexibility index (Phi) is 6.77. The Morgan fingerprint density at radius 1 is 1.30 bits per heavy atom. The second-order valence-electron chi connectivity index (χ2n) is 7.73. The molecule has 0 bridgehead atoms. The van der Waals surface area contributed by atoms with Gasteiger partial charge in [-0.3, -0.25) is 9.68 Å². The number of rotatable bonds is 5. The molecule has 27 heavy (non-hydrogen) atoms. The molecule has 0 unspecified atom stereocenters. The minimum Gasteiger partial charge on any atom is -0.370 e. The average Bonchev–Trinajstić information content (AvgIpc) is 2.90. The van der Waals surface area contributed by atoms with Crippen molar-refractivity contribution >= 4 is 34.3 Å². The number of likely N-dealkylation sites (tertiary alicyclic amines) is 1. The van der Waals surface area contributed by atoms with Gasteiger partial charge in [0.05, 0.1) is 12.1 Å². The molecule has 1 aromatic rings. The van der Waals surface area contributed by atoms with Crippen LogP contribution in [0.1, 0.15) is 55.4 Å². The molecule has 9 nitrogen and oxygen atoms in total. The van der Waals surface area contributed by atoms with Crippen LogP contribution in [0.4, 0.5) is 5.13 Å². The second-order valence-corrected chi connectivity index (χ2v) is 8.71. The third-order valence-corrected chi connectivity index (χ3v) is 4.92. The van der Waals surface area contributed by atoms with Crippen molar-refractivity contribution in [3.05, 3.63) is 10.6 Å². The summed E-state index contributed by atoms with van der Waals surface area (Å²) in [6, 6.07) is 0. The smallest absolute Gasteiger partial charge is 0.342 e. The molecule has 1 aliphatic rings. The van der Waals surface area contributed by atoms with Crippen molar-refractivity contribution in [3.8, 4) is 0 Å². The Morgan fingerprint density at radius 2 is 1.93 bits per heavy atom. The van der Waals surface area contributed by atoms with Gasteiger partial charge in [-0.1, -0.05) is 32.1 Å². The number of hydrogen-bond donors (Lipinski definition) is 2. The van der Waals surface area contributed by atoms with E-state index in [1.165, 1.54) is 0 Å². The summed E-state index contributed by atoms with van der Waals surface area (Å²) < 4.78 is 0. The highest BCUT2D eigenvalue weighted by Crippen LogP contribution is 2.27. The van der Waals surface area contributed by atoms with E-state index in [-0.39, 0.29) is 35.8 Å². The molecule has 0 aliphatic carbocycles. The first kappa shape index (κ1) is 21.1. The lowest BCUT2D eigenvalue weighted by Crippen LogP contribution is -2.41. The minimum atomic E-state index is -0.381. The molecule has 150 valence electrons. The molecule has 10 heteroatoms. The van der Waals surface area contributed by atoms with E-state index in [4.69, 9.17) is 21.2 Å². The van der Waals surface area contributed by atoms with Gasteiger partial charge in [0.25, 0.3) is 5.91 Å². The highest BCUT2D eigenvalue weighted by molar-refractivity contribution is 7.17. The Labute approximate surface area is 162 Å². The molecule has 1 amide bonds. The van der Waals surface area contributed by atoms with Crippen molar-refractivity contribution in [2.45, 2.75) is 53.1 Å². The van der Waals surface area contributed by atoms with Crippen LogP contribution in [-0.4, -0.2) is 46.9 Å². The molecule has 2 heterocycles. The standard InChI is InChI=1S/C17H27N5O4S/c1-10-13(27-16(20-10)21-15(18)19)14(24)22-7-5-11(6-8-22)25-26-12(23)9-17(2,3)4/h11H,5-9H2,1-4H3,(H4,18,19,20,21). The highest BCUT2D eigenvalue weighted by Gasteiger charge is 2.28. The number of piperidine rings is 1. The maximum absolute atomic E-state index is 12.7. The number of aryl methyl sites for hydroxylation is 1. The Balaban J connectivity index is 1.85. The van der Waals surface area contributed by atoms with Gasteiger partial charge >= 0.3 is 5.97 Å². The first-order chi connectivity index (χ1) is 12.5. The summed E-state index contributed by atoms with van der Waals surface area (Å²) in [6.07, 6.45) is 1.26. The molecular formula is C17H27N5O4S. The van der Waals surface area contributed by atoms with Crippen molar-refractivity contribution in [2.75, 3.05) is 13.1 Å². The van der Waals surface area contributed by atoms with Crippen LogP contribution >= 0.6 is 11.3 Å². The minimum absolute atomic E-state index is 0.0956. The fourth-order valence-corrected chi connectivity index (χ4v) is 3.55. The maximum atomic E-state index is 12.7. The van der Waals surface area contributed by atoms with Gasteiger partial charge < -0.3 is 16.4 Å². The lowest BCUT2D eigenvalue weighted by atomic mass is 9.93. The van der Waals surface area contributed by atoms with Crippen LogP contribution < -0.4 is 11.5 Å². The van der Waals surface area contributed by atoms with Crippen molar-refractivity contribution in [1.82, 2.24) is 9.88 Å². The van der Waals surface area contributed by atoms with Crippen LogP contribution in [0.25, 0.3) is 0 Å². The topological polar surface area (TPSA) is 133 Å². The monoisotopic (exact) mass is 397 g/mol. The highest BCUT2D eigenvalue weighted by atomic mass is 32.1. The second kappa shape index (κ2) is 8.66. The van der Waals surface area contributed by atoms with Crippen molar-refractivity contribution in [1.29, 1.82) is 0 Å². The first-order valence-corrected chi connectivity index (χ1v) is 9.59. The van der Waals surface area contributed by atoms with Crippen molar-refractivity contribution < 1.29 is 19.4 Å². The maximum Gasteiger partial charge on any atom is 0.342 e. The number of guanidine groups is 1. The number of nitrogens with two attached hydrogens (primary N) is 2. The SMILES string of the molecule is Cc1nc(N=C(N)N)sc1C(=O)N1CCC(OOC(=O)CC(C)(C)C)CC1. The van der Waals surface area contributed by atoms with E-state index >= 15 is 0 Å². The van der Waals surface area contributed by atoms with Gasteiger partial charge in [0.15, 0.2) is 5.96 Å². The van der Waals surface area contributed by atoms with Gasteiger partial charge in [0, 0.05) is 13.1 Å². The summed E-state index contributed by atoms with van der Waals surface area (Å²) in [5.74, 6) is -0.583. The summed E-state index contributed by atoms with van der Waals surface area (Å²) in [4.78, 5) is 44.9. The third-order valence-electron chi connectivity index (χ3n) is 3.89. The van der Waals surface area contributed by atoms with E-state index in [0.29, 0.717) is 41.6 Å². The fraction of sp³-hybridized carbons (Fsp3) is 0.647. The van der Waals surface area contributed by atoms with Crippen LogP contribution in [0.2, 0.25) is 0 Å². The summed E-state index contributed by atoms with van der Waals surface area (Å²) >= 11 is 1.16. The average molecular weight is 398 g/mol. The molecule has 0 saturated carbocycles. The molecule has 0 radical (unpaired) electrons. The van der Waals surface area contributed by atoms with E-state index in [2.05, 4.69) is 9.98 Å². The third kappa shape index (κ3) is 6.47. The zero-order chi connectivity index (χ0) is 20.2. The zero-order valence-corrected chi connectivity index (χ0v) is 17.0. The summed E-state index contributed by atoms with van der Waals surface area (Å²) in [5, 5.41) is 0.361. The zero-order valence-electron chi connectivity index (χ0n) is 16.2. The summed E-state index contributed by atoms with van der Waals surface area (Å²) in [7, 11) is 0. The van der Waals surface area contributed by atoms with E-state index in [0.717, 1.165) is 11.3 Å². The molecule has 1 aliphatic heterocycles. The number of thiazole rings is 1. The lowest BCUT2D eigenvalue weighted by Gasteiger charge is -2.30. The number of hydrogen-bond acceptors (Lipinski definition) is 7. The number of amides is 1. The number of carbonyl (C=O) groups is 2. The van der Waals surface area contributed by atoms with E-state index in [1.807, 2.05) is 20.8 Å². The van der Waals surface area contributed by atoms with Crippen LogP contribution in [0.5, 0.6) is 0 Å². The molecule has 1 fully saturated rings. The summed E-state index contributed by atoms with van der Waals surface area (Å²) in [5.41, 5.74) is 11.1.